The van der Waals surface area contributed by atoms with E-state index in [1.54, 1.807) is 40.7 Å². The highest BCUT2D eigenvalue weighted by atomic mass is 32.2. The van der Waals surface area contributed by atoms with Crippen molar-refractivity contribution in [1.82, 2.24) is 4.31 Å². The van der Waals surface area contributed by atoms with Gasteiger partial charge in [-0.15, -0.1) is 0 Å². The first kappa shape index (κ1) is 26.7. The van der Waals surface area contributed by atoms with Crippen LogP contribution < -0.4 is 9.21 Å². The van der Waals surface area contributed by atoms with Gasteiger partial charge in [0.05, 0.1) is 33.8 Å². The van der Waals surface area contributed by atoms with Gasteiger partial charge in [0, 0.05) is 19.1 Å². The minimum atomic E-state index is -3.85. The van der Waals surface area contributed by atoms with Crippen molar-refractivity contribution < 1.29 is 16.8 Å². The molecule has 1 fully saturated rings. The fraction of sp³-hybridized carbons (Fsp3) is 0.379. The van der Waals surface area contributed by atoms with Crippen molar-refractivity contribution in [2.75, 3.05) is 28.8 Å². The van der Waals surface area contributed by atoms with Gasteiger partial charge in [-0.05, 0) is 62.6 Å². The molecule has 0 radical (unpaired) electrons. The molecule has 0 aromatic heterocycles. The number of aryl methyl sites for hydroxylation is 2. The Balaban J connectivity index is 1.57. The maximum Gasteiger partial charge on any atom is 0.264 e. The molecule has 3 aromatic carbocycles. The Hall–Kier alpha value is -2.88. The molecule has 0 bridgehead atoms. The second-order valence-corrected chi connectivity index (χ2v) is 14.6. The molecule has 9 heteroatoms. The molecule has 0 N–H and O–H groups in total. The van der Waals surface area contributed by atoms with Gasteiger partial charge in [-0.3, -0.25) is 4.31 Å². The van der Waals surface area contributed by atoms with Crippen LogP contribution in [0.1, 0.15) is 31.4 Å². The van der Waals surface area contributed by atoms with Crippen LogP contribution in [0.4, 0.5) is 11.4 Å². The Morgan fingerprint density at radius 3 is 1.79 bits per heavy atom. The Morgan fingerprint density at radius 2 is 1.24 bits per heavy atom. The number of rotatable bonds is 6. The third kappa shape index (κ3) is 4.83. The summed E-state index contributed by atoms with van der Waals surface area (Å²) in [5.74, 6) is 0.297. The van der Waals surface area contributed by atoms with Crippen LogP contribution in [0.15, 0.2) is 82.6 Å². The molecular weight excluding hydrogens is 518 g/mol. The molecule has 0 amide bonds. The zero-order valence-corrected chi connectivity index (χ0v) is 23.9. The van der Waals surface area contributed by atoms with Crippen molar-refractivity contribution in [3.63, 3.8) is 0 Å². The van der Waals surface area contributed by atoms with Crippen LogP contribution in [-0.2, 0) is 20.0 Å². The van der Waals surface area contributed by atoms with Crippen molar-refractivity contribution in [2.24, 2.45) is 5.92 Å². The molecule has 1 saturated heterocycles. The van der Waals surface area contributed by atoms with Crippen LogP contribution in [0, 0.1) is 19.8 Å². The Bertz CT molecular complexity index is 1520. The summed E-state index contributed by atoms with van der Waals surface area (Å²) >= 11 is 0. The lowest BCUT2D eigenvalue weighted by Crippen LogP contribution is -2.65. The third-order valence-corrected chi connectivity index (χ3v) is 11.2. The SMILES string of the molecule is Cc1ccc(S(=O)(=O)N2C[C@H]3CN(S(=O)(=O)c4ccc(C)cc4)[C@@H](CC(C)C)CN3c3ccccc32)cc1. The predicted octanol–water partition coefficient (Wildman–Crippen LogP) is 4.81. The summed E-state index contributed by atoms with van der Waals surface area (Å²) in [6.45, 7) is 8.93. The van der Waals surface area contributed by atoms with Gasteiger partial charge in [0.25, 0.3) is 10.0 Å². The van der Waals surface area contributed by atoms with Crippen LogP contribution in [0.25, 0.3) is 0 Å². The lowest BCUT2D eigenvalue weighted by molar-refractivity contribution is 0.225. The molecule has 2 aliphatic heterocycles. The number of fused-ring (bicyclic) bond motifs is 3. The third-order valence-electron chi connectivity index (χ3n) is 7.46. The second kappa shape index (κ2) is 10.0. The highest BCUT2D eigenvalue weighted by molar-refractivity contribution is 7.92. The molecule has 0 unspecified atom stereocenters. The van der Waals surface area contributed by atoms with Crippen LogP contribution in [0.5, 0.6) is 0 Å². The first-order valence-electron chi connectivity index (χ1n) is 13.0. The van der Waals surface area contributed by atoms with Crippen molar-refractivity contribution in [1.29, 1.82) is 0 Å². The molecule has 202 valence electrons. The zero-order chi connectivity index (χ0) is 27.2. The van der Waals surface area contributed by atoms with Gasteiger partial charge in [-0.25, -0.2) is 16.8 Å². The first-order valence-corrected chi connectivity index (χ1v) is 15.9. The molecule has 2 heterocycles. The zero-order valence-electron chi connectivity index (χ0n) is 22.3. The van der Waals surface area contributed by atoms with Crippen LogP contribution in [0.2, 0.25) is 0 Å². The Kier molecular flexibility index (Phi) is 7.04. The summed E-state index contributed by atoms with van der Waals surface area (Å²) in [7, 11) is -7.62. The van der Waals surface area contributed by atoms with Gasteiger partial charge in [-0.1, -0.05) is 61.4 Å². The normalized spacial score (nSPS) is 20.3. The Morgan fingerprint density at radius 1 is 0.711 bits per heavy atom. The van der Waals surface area contributed by atoms with Crippen LogP contribution in [0.3, 0.4) is 0 Å². The predicted molar refractivity (Wildman–Crippen MR) is 152 cm³/mol. The van der Waals surface area contributed by atoms with E-state index in [2.05, 4.69) is 18.7 Å². The number of sulfonamides is 2. The topological polar surface area (TPSA) is 78.0 Å². The minimum Gasteiger partial charge on any atom is -0.362 e. The average Bonchev–Trinajstić information content (AvgIpc) is 2.88. The Labute approximate surface area is 226 Å². The summed E-state index contributed by atoms with van der Waals surface area (Å²) in [6.07, 6.45) is 0.710. The van der Waals surface area contributed by atoms with Gasteiger partial charge in [-0.2, -0.15) is 4.31 Å². The van der Waals surface area contributed by atoms with Gasteiger partial charge < -0.3 is 4.90 Å². The maximum absolute atomic E-state index is 13.9. The fourth-order valence-corrected chi connectivity index (χ4v) is 8.70. The molecule has 0 saturated carbocycles. The van der Waals surface area contributed by atoms with Crippen LogP contribution in [-0.4, -0.2) is 52.9 Å². The fourth-order valence-electron chi connectivity index (χ4n) is 5.52. The second-order valence-electron chi connectivity index (χ2n) is 10.8. The monoisotopic (exact) mass is 553 g/mol. The minimum absolute atomic E-state index is 0.168. The van der Waals surface area contributed by atoms with E-state index in [9.17, 15) is 16.8 Å². The average molecular weight is 554 g/mol. The van der Waals surface area contributed by atoms with E-state index >= 15 is 0 Å². The summed E-state index contributed by atoms with van der Waals surface area (Å²) < 4.78 is 58.6. The number of nitrogens with zero attached hydrogens (tertiary/aromatic N) is 3. The molecule has 2 atom stereocenters. The summed E-state index contributed by atoms with van der Waals surface area (Å²) in [4.78, 5) is 2.71. The number of hydrogen-bond donors (Lipinski definition) is 0. The highest BCUT2D eigenvalue weighted by Gasteiger charge is 2.46. The van der Waals surface area contributed by atoms with E-state index in [1.165, 1.54) is 4.31 Å². The number of para-hydroxylation sites is 2. The van der Waals surface area contributed by atoms with E-state index in [-0.39, 0.29) is 35.0 Å². The standard InChI is InChI=1S/C29H35N3O4S2/c1-21(2)17-24-18-30-25(19-31(24)37(33,34)26-13-9-22(3)10-14-26)20-32(29-8-6-5-7-28(29)30)38(35,36)27-15-11-23(4)12-16-27/h5-16,21,24-25H,17-20H2,1-4H3/t24-,25+/m0/s1. The number of piperazine rings is 1. The number of hydrogen-bond acceptors (Lipinski definition) is 5. The van der Waals surface area contributed by atoms with E-state index in [0.717, 1.165) is 16.8 Å². The summed E-state index contributed by atoms with van der Waals surface area (Å²) in [6, 6.07) is 20.8. The largest absolute Gasteiger partial charge is 0.362 e. The van der Waals surface area contributed by atoms with Crippen molar-refractivity contribution >= 4 is 31.4 Å². The molecular formula is C29H35N3O4S2. The van der Waals surface area contributed by atoms with E-state index in [0.29, 0.717) is 24.6 Å². The summed E-state index contributed by atoms with van der Waals surface area (Å²) in [5, 5.41) is 0. The molecule has 2 aliphatic rings. The van der Waals surface area contributed by atoms with Crippen molar-refractivity contribution in [3.05, 3.63) is 83.9 Å². The molecule has 7 nitrogen and oxygen atoms in total. The smallest absolute Gasteiger partial charge is 0.264 e. The van der Waals surface area contributed by atoms with Crippen molar-refractivity contribution in [3.8, 4) is 0 Å². The maximum atomic E-state index is 13.9. The highest BCUT2D eigenvalue weighted by Crippen LogP contribution is 2.41. The van der Waals surface area contributed by atoms with Gasteiger partial charge >= 0.3 is 0 Å². The van der Waals surface area contributed by atoms with Crippen molar-refractivity contribution in [2.45, 2.75) is 56.0 Å². The number of anilines is 2. The molecule has 38 heavy (non-hydrogen) atoms. The summed E-state index contributed by atoms with van der Waals surface area (Å²) in [5.41, 5.74) is 3.42. The van der Waals surface area contributed by atoms with Gasteiger partial charge in [0.1, 0.15) is 0 Å². The molecule has 0 spiro atoms. The van der Waals surface area contributed by atoms with E-state index < -0.39 is 20.0 Å². The molecule has 0 aliphatic carbocycles. The quantitative estimate of drug-likeness (QED) is 0.438. The lowest BCUT2D eigenvalue weighted by atomic mass is 9.97. The van der Waals surface area contributed by atoms with Crippen LogP contribution >= 0.6 is 0 Å². The molecule has 5 rings (SSSR count). The van der Waals surface area contributed by atoms with Gasteiger partial charge in [0.15, 0.2) is 0 Å². The van der Waals surface area contributed by atoms with Gasteiger partial charge in [0.2, 0.25) is 10.0 Å². The lowest BCUT2D eigenvalue weighted by Gasteiger charge is -2.51. The first-order chi connectivity index (χ1) is 18.0. The van der Waals surface area contributed by atoms with E-state index in [4.69, 9.17) is 0 Å². The van der Waals surface area contributed by atoms with E-state index in [1.807, 2.05) is 50.2 Å². The number of benzene rings is 3. The molecule has 3 aromatic rings.